The molecule has 1 aromatic heterocycles. The zero-order valence-corrected chi connectivity index (χ0v) is 8.73. The summed E-state index contributed by atoms with van der Waals surface area (Å²) in [6.45, 7) is 2.58. The average molecular weight is 208 g/mol. The molecule has 4 N–H and O–H groups in total. The van der Waals surface area contributed by atoms with Crippen LogP contribution in [0, 0.1) is 0 Å². The molecule has 1 heterocycles. The van der Waals surface area contributed by atoms with Crippen molar-refractivity contribution in [3.63, 3.8) is 0 Å². The Morgan fingerprint density at radius 1 is 1.29 bits per heavy atom. The quantitative estimate of drug-likeness (QED) is 0.745. The van der Waals surface area contributed by atoms with Crippen LogP contribution in [0.1, 0.15) is 6.92 Å². The first-order chi connectivity index (χ1) is 6.72. The summed E-state index contributed by atoms with van der Waals surface area (Å²) in [4.78, 5) is 0. The average Bonchev–Trinajstić information content (AvgIpc) is 2.49. The summed E-state index contributed by atoms with van der Waals surface area (Å²) >= 11 is 1.56. The molecular weight excluding hydrogens is 196 g/mol. The predicted octanol–water partition coefficient (Wildman–Crippen LogP) is 2.46. The second-order valence-corrected chi connectivity index (χ2v) is 3.89. The molecular formula is C10H12N2OS. The van der Waals surface area contributed by atoms with Crippen molar-refractivity contribution in [3.05, 3.63) is 17.5 Å². The van der Waals surface area contributed by atoms with Gasteiger partial charge in [0.1, 0.15) is 5.75 Å². The van der Waals surface area contributed by atoms with E-state index in [1.165, 1.54) is 0 Å². The number of nitrogen functional groups attached to an aromatic ring is 2. The lowest BCUT2D eigenvalue weighted by Gasteiger charge is -2.05. The Balaban J connectivity index is 2.63. The predicted molar refractivity (Wildman–Crippen MR) is 61.8 cm³/mol. The number of hydrogen-bond donors (Lipinski definition) is 2. The summed E-state index contributed by atoms with van der Waals surface area (Å²) < 4.78 is 6.42. The van der Waals surface area contributed by atoms with Crippen molar-refractivity contribution in [1.82, 2.24) is 0 Å². The van der Waals surface area contributed by atoms with Gasteiger partial charge in [-0.15, -0.1) is 11.3 Å². The number of hydrogen-bond acceptors (Lipinski definition) is 4. The van der Waals surface area contributed by atoms with Crippen LogP contribution in [0.5, 0.6) is 5.75 Å². The van der Waals surface area contributed by atoms with Gasteiger partial charge in [-0.25, -0.2) is 0 Å². The Morgan fingerprint density at radius 2 is 2.07 bits per heavy atom. The van der Waals surface area contributed by atoms with Crippen molar-refractivity contribution in [2.75, 3.05) is 18.1 Å². The minimum atomic E-state index is 0.634. The molecule has 0 unspecified atom stereocenters. The van der Waals surface area contributed by atoms with E-state index in [0.29, 0.717) is 6.61 Å². The molecule has 0 spiro atoms. The fourth-order valence-corrected chi connectivity index (χ4v) is 2.28. The highest BCUT2D eigenvalue weighted by atomic mass is 32.1. The highest BCUT2D eigenvalue weighted by molar-refractivity contribution is 7.18. The summed E-state index contributed by atoms with van der Waals surface area (Å²) in [5.41, 5.74) is 13.2. The number of fused-ring (bicyclic) bond motifs is 1. The third-order valence-electron chi connectivity index (χ3n) is 2.02. The molecule has 0 aliphatic heterocycles. The Hall–Kier alpha value is -1.42. The van der Waals surface area contributed by atoms with Crippen LogP contribution in [0.4, 0.5) is 11.4 Å². The molecule has 0 bridgehead atoms. The van der Waals surface area contributed by atoms with E-state index in [0.717, 1.165) is 27.2 Å². The normalized spacial score (nSPS) is 10.6. The number of rotatable bonds is 2. The first-order valence-electron chi connectivity index (χ1n) is 4.41. The minimum absolute atomic E-state index is 0.634. The molecule has 0 saturated carbocycles. The Labute approximate surface area is 86.3 Å². The molecule has 0 saturated heterocycles. The van der Waals surface area contributed by atoms with E-state index in [1.54, 1.807) is 11.3 Å². The first-order valence-corrected chi connectivity index (χ1v) is 5.29. The largest absolute Gasteiger partial charge is 0.494 e. The Morgan fingerprint density at radius 3 is 2.79 bits per heavy atom. The second-order valence-electron chi connectivity index (χ2n) is 3.01. The lowest BCUT2D eigenvalue weighted by molar-refractivity contribution is 0.341. The summed E-state index contributed by atoms with van der Waals surface area (Å²) in [7, 11) is 0. The van der Waals surface area contributed by atoms with Crippen LogP contribution in [-0.4, -0.2) is 6.61 Å². The van der Waals surface area contributed by atoms with E-state index in [-0.39, 0.29) is 0 Å². The molecule has 0 fully saturated rings. The topological polar surface area (TPSA) is 61.3 Å². The van der Waals surface area contributed by atoms with E-state index in [4.69, 9.17) is 16.2 Å². The van der Waals surface area contributed by atoms with Gasteiger partial charge in [-0.2, -0.15) is 0 Å². The molecule has 0 radical (unpaired) electrons. The van der Waals surface area contributed by atoms with Gasteiger partial charge in [0.2, 0.25) is 0 Å². The summed E-state index contributed by atoms with van der Waals surface area (Å²) in [5.74, 6) is 0.780. The molecule has 0 amide bonds. The van der Waals surface area contributed by atoms with Crippen LogP contribution < -0.4 is 16.2 Å². The molecule has 3 nitrogen and oxygen atoms in total. The molecule has 1 aromatic carbocycles. The standard InChI is InChI=1S/C10H12N2OS/c1-2-13-6-3-7-9(12)5-14-10(7)8(11)4-6/h3-5H,2,11-12H2,1H3. The third-order valence-corrected chi connectivity index (χ3v) is 3.08. The Kier molecular flexibility index (Phi) is 2.21. The molecule has 0 aliphatic carbocycles. The van der Waals surface area contributed by atoms with Crippen molar-refractivity contribution in [2.24, 2.45) is 0 Å². The van der Waals surface area contributed by atoms with Gasteiger partial charge >= 0.3 is 0 Å². The van der Waals surface area contributed by atoms with Gasteiger partial charge in [0.25, 0.3) is 0 Å². The first kappa shape index (κ1) is 9.15. The lowest BCUT2D eigenvalue weighted by atomic mass is 10.2. The fraction of sp³-hybridized carbons (Fsp3) is 0.200. The monoisotopic (exact) mass is 208 g/mol. The number of thiophene rings is 1. The van der Waals surface area contributed by atoms with Crippen LogP contribution in [0.25, 0.3) is 10.1 Å². The van der Waals surface area contributed by atoms with Gasteiger partial charge in [-0.3, -0.25) is 0 Å². The van der Waals surface area contributed by atoms with Gasteiger partial charge in [0.15, 0.2) is 0 Å². The smallest absolute Gasteiger partial charge is 0.122 e. The molecule has 14 heavy (non-hydrogen) atoms. The molecule has 2 aromatic rings. The van der Waals surface area contributed by atoms with Crippen LogP contribution in [-0.2, 0) is 0 Å². The van der Waals surface area contributed by atoms with Crippen LogP contribution in [0.3, 0.4) is 0 Å². The van der Waals surface area contributed by atoms with Gasteiger partial charge in [-0.1, -0.05) is 0 Å². The van der Waals surface area contributed by atoms with Gasteiger partial charge in [0.05, 0.1) is 22.7 Å². The zero-order chi connectivity index (χ0) is 10.1. The van der Waals surface area contributed by atoms with Gasteiger partial charge < -0.3 is 16.2 Å². The van der Waals surface area contributed by atoms with E-state index < -0.39 is 0 Å². The highest BCUT2D eigenvalue weighted by Gasteiger charge is 2.06. The van der Waals surface area contributed by atoms with Crippen LogP contribution in [0.15, 0.2) is 17.5 Å². The second kappa shape index (κ2) is 3.38. The maximum absolute atomic E-state index is 5.88. The van der Waals surface area contributed by atoms with E-state index in [1.807, 2.05) is 24.4 Å². The van der Waals surface area contributed by atoms with Crippen molar-refractivity contribution in [1.29, 1.82) is 0 Å². The van der Waals surface area contributed by atoms with Crippen molar-refractivity contribution in [3.8, 4) is 5.75 Å². The number of nitrogens with two attached hydrogens (primary N) is 2. The van der Waals surface area contributed by atoms with Crippen molar-refractivity contribution >= 4 is 32.8 Å². The van der Waals surface area contributed by atoms with E-state index >= 15 is 0 Å². The van der Waals surface area contributed by atoms with Crippen molar-refractivity contribution in [2.45, 2.75) is 6.92 Å². The summed E-state index contributed by atoms with van der Waals surface area (Å²) in [6, 6.07) is 3.77. The molecule has 0 aliphatic rings. The summed E-state index contributed by atoms with van der Waals surface area (Å²) in [6.07, 6.45) is 0. The van der Waals surface area contributed by atoms with Crippen LogP contribution in [0.2, 0.25) is 0 Å². The molecule has 0 atom stereocenters. The summed E-state index contributed by atoms with van der Waals surface area (Å²) in [5, 5.41) is 2.88. The van der Waals surface area contributed by atoms with Crippen LogP contribution >= 0.6 is 11.3 Å². The molecule has 4 heteroatoms. The third kappa shape index (κ3) is 1.37. The maximum atomic E-state index is 5.88. The Bertz CT molecular complexity index is 464. The number of benzene rings is 1. The van der Waals surface area contributed by atoms with Gasteiger partial charge in [-0.05, 0) is 13.0 Å². The SMILES string of the molecule is CCOc1cc(N)c2scc(N)c2c1. The number of anilines is 2. The number of ether oxygens (including phenoxy) is 1. The fourth-order valence-electron chi connectivity index (χ4n) is 1.41. The molecule has 2 rings (SSSR count). The minimum Gasteiger partial charge on any atom is -0.494 e. The van der Waals surface area contributed by atoms with Gasteiger partial charge in [0, 0.05) is 16.8 Å². The highest BCUT2D eigenvalue weighted by Crippen LogP contribution is 2.35. The van der Waals surface area contributed by atoms with E-state index in [9.17, 15) is 0 Å². The zero-order valence-electron chi connectivity index (χ0n) is 7.91. The van der Waals surface area contributed by atoms with E-state index in [2.05, 4.69) is 0 Å². The maximum Gasteiger partial charge on any atom is 0.122 e. The molecule has 74 valence electrons. The van der Waals surface area contributed by atoms with Crippen molar-refractivity contribution < 1.29 is 4.74 Å². The lowest BCUT2D eigenvalue weighted by Crippen LogP contribution is -1.93.